The van der Waals surface area contributed by atoms with Crippen molar-refractivity contribution in [1.29, 1.82) is 0 Å². The van der Waals surface area contributed by atoms with Gasteiger partial charge in [-0.15, -0.1) is 11.3 Å². The molecule has 2 rings (SSSR count). The van der Waals surface area contributed by atoms with E-state index < -0.39 is 11.8 Å². The molecule has 1 aromatic heterocycles. The van der Waals surface area contributed by atoms with Crippen molar-refractivity contribution in [3.63, 3.8) is 0 Å². The molecule has 0 saturated carbocycles. The highest BCUT2D eigenvalue weighted by atomic mass is 32.1. The number of carbonyl (C=O) groups excluding carboxylic acids is 1. The highest BCUT2D eigenvalue weighted by Crippen LogP contribution is 2.33. The lowest BCUT2D eigenvalue weighted by Crippen LogP contribution is -2.19. The summed E-state index contributed by atoms with van der Waals surface area (Å²) in [6.07, 6.45) is 0.170. The quantitative estimate of drug-likeness (QED) is 0.633. The van der Waals surface area contributed by atoms with Gasteiger partial charge in [-0.25, -0.2) is 9.18 Å². The molecule has 0 bridgehead atoms. The molecule has 0 aliphatic rings. The smallest absolute Gasteiger partial charge is 0.346 e. The van der Waals surface area contributed by atoms with E-state index in [2.05, 4.69) is 10.1 Å². The number of rotatable bonds is 6. The van der Waals surface area contributed by atoms with Crippen molar-refractivity contribution >= 4 is 33.4 Å². The molecule has 1 aromatic carbocycles. The van der Waals surface area contributed by atoms with Gasteiger partial charge in [-0.05, 0) is 12.1 Å². The largest absolute Gasteiger partial charge is 0.477 e. The van der Waals surface area contributed by atoms with E-state index in [9.17, 15) is 19.1 Å². The zero-order valence-corrected chi connectivity index (χ0v) is 12.1. The Kier molecular flexibility index (Phi) is 4.87. The van der Waals surface area contributed by atoms with Crippen LogP contribution < -0.4 is 5.32 Å². The molecule has 2 N–H and O–H groups in total. The van der Waals surface area contributed by atoms with Gasteiger partial charge >= 0.3 is 11.9 Å². The molecule has 1 heterocycles. The highest BCUT2D eigenvalue weighted by Gasteiger charge is 2.19. The first-order valence-corrected chi connectivity index (χ1v) is 7.07. The van der Waals surface area contributed by atoms with Crippen molar-refractivity contribution in [1.82, 2.24) is 5.32 Å². The van der Waals surface area contributed by atoms with Gasteiger partial charge in [-0.3, -0.25) is 4.79 Å². The molecule has 0 radical (unpaired) electrons. The summed E-state index contributed by atoms with van der Waals surface area (Å²) < 4.78 is 19.0. The van der Waals surface area contributed by atoms with E-state index in [1.165, 1.54) is 13.2 Å². The van der Waals surface area contributed by atoms with E-state index >= 15 is 0 Å². The fraction of sp³-hybridized carbons (Fsp3) is 0.286. The Bertz CT molecular complexity index is 683. The minimum absolute atomic E-state index is 0.112. The van der Waals surface area contributed by atoms with Crippen LogP contribution in [0.4, 0.5) is 4.39 Å². The first-order chi connectivity index (χ1) is 10.0. The van der Waals surface area contributed by atoms with E-state index in [1.807, 2.05) is 0 Å². The Labute approximate surface area is 124 Å². The van der Waals surface area contributed by atoms with Crippen LogP contribution in [0.1, 0.15) is 21.7 Å². The van der Waals surface area contributed by atoms with Crippen molar-refractivity contribution in [2.45, 2.75) is 13.0 Å². The first-order valence-electron chi connectivity index (χ1n) is 6.25. The number of hydrogen-bond acceptors (Lipinski definition) is 5. The lowest BCUT2D eigenvalue weighted by Gasteiger charge is -2.05. The molecule has 0 aliphatic carbocycles. The van der Waals surface area contributed by atoms with Gasteiger partial charge in [0.05, 0.1) is 13.5 Å². The summed E-state index contributed by atoms with van der Waals surface area (Å²) >= 11 is 1.04. The molecule has 5 nitrogen and oxygen atoms in total. The van der Waals surface area contributed by atoms with Crippen molar-refractivity contribution in [2.75, 3.05) is 13.7 Å². The number of carboxylic acid groups (broad SMARTS) is 1. The summed E-state index contributed by atoms with van der Waals surface area (Å²) in [5.74, 6) is -1.89. The number of ether oxygens (including phenoxy) is 1. The molecule has 0 amide bonds. The van der Waals surface area contributed by atoms with Crippen molar-refractivity contribution in [2.24, 2.45) is 0 Å². The average molecular weight is 311 g/mol. The molecule has 0 saturated heterocycles. The maximum absolute atomic E-state index is 13.9. The summed E-state index contributed by atoms with van der Waals surface area (Å²) in [6, 6.07) is 4.54. The molecule has 7 heteroatoms. The first kappa shape index (κ1) is 15.4. The van der Waals surface area contributed by atoms with E-state index in [4.69, 9.17) is 0 Å². The molecule has 112 valence electrons. The van der Waals surface area contributed by atoms with E-state index in [0.29, 0.717) is 22.2 Å². The normalized spacial score (nSPS) is 10.8. The Balaban J connectivity index is 2.22. The zero-order valence-electron chi connectivity index (χ0n) is 11.3. The number of esters is 1. The number of thiophene rings is 1. The molecule has 21 heavy (non-hydrogen) atoms. The standard InChI is InChI=1S/C14H14FNO4S/c1-20-11(17)5-6-16-7-8-12-9(15)3-2-4-10(12)21-13(8)14(18)19/h2-4,16H,5-7H2,1H3,(H,18,19). The van der Waals surface area contributed by atoms with Gasteiger partial charge in [0.1, 0.15) is 10.7 Å². The molecule has 0 aliphatic heterocycles. The van der Waals surface area contributed by atoms with Gasteiger partial charge in [0.15, 0.2) is 0 Å². The number of methoxy groups -OCH3 is 1. The average Bonchev–Trinajstić information content (AvgIpc) is 2.83. The Morgan fingerprint density at radius 2 is 2.19 bits per heavy atom. The third kappa shape index (κ3) is 3.37. The van der Waals surface area contributed by atoms with Crippen LogP contribution in [0.2, 0.25) is 0 Å². The van der Waals surface area contributed by atoms with E-state index in [-0.39, 0.29) is 23.8 Å². The summed E-state index contributed by atoms with van der Waals surface area (Å²) in [5, 5.41) is 12.5. The van der Waals surface area contributed by atoms with Crippen LogP contribution in [0.5, 0.6) is 0 Å². The number of halogens is 1. The fourth-order valence-corrected chi connectivity index (χ4v) is 3.09. The lowest BCUT2D eigenvalue weighted by molar-refractivity contribution is -0.140. The fourth-order valence-electron chi connectivity index (χ4n) is 2.01. The molecule has 0 atom stereocenters. The minimum Gasteiger partial charge on any atom is -0.477 e. The van der Waals surface area contributed by atoms with Crippen molar-refractivity contribution in [3.8, 4) is 0 Å². The SMILES string of the molecule is COC(=O)CCNCc1c(C(=O)O)sc2cccc(F)c12. The molecular weight excluding hydrogens is 297 g/mol. The van der Waals surface area contributed by atoms with Gasteiger partial charge in [0.25, 0.3) is 0 Å². The summed E-state index contributed by atoms with van der Waals surface area (Å²) in [4.78, 5) is 22.4. The van der Waals surface area contributed by atoms with Crippen LogP contribution in [0.25, 0.3) is 10.1 Å². The van der Waals surface area contributed by atoms with E-state index in [0.717, 1.165) is 11.3 Å². The van der Waals surface area contributed by atoms with Gasteiger partial charge in [0.2, 0.25) is 0 Å². The third-order valence-corrected chi connectivity index (χ3v) is 4.18. The number of nitrogens with one attached hydrogen (secondary N) is 1. The van der Waals surface area contributed by atoms with Crippen molar-refractivity contribution < 1.29 is 23.8 Å². The van der Waals surface area contributed by atoms with Gasteiger partial charge in [-0.2, -0.15) is 0 Å². The predicted molar refractivity (Wildman–Crippen MR) is 77.1 cm³/mol. The lowest BCUT2D eigenvalue weighted by atomic mass is 10.1. The Morgan fingerprint density at radius 1 is 1.43 bits per heavy atom. The van der Waals surface area contributed by atoms with Crippen molar-refractivity contribution in [3.05, 3.63) is 34.5 Å². The van der Waals surface area contributed by atoms with Crippen LogP contribution in [0, 0.1) is 5.82 Å². The van der Waals surface area contributed by atoms with Gasteiger partial charge < -0.3 is 15.2 Å². The molecule has 0 fully saturated rings. The highest BCUT2D eigenvalue weighted by molar-refractivity contribution is 7.21. The maximum Gasteiger partial charge on any atom is 0.346 e. The van der Waals surface area contributed by atoms with Crippen LogP contribution >= 0.6 is 11.3 Å². The van der Waals surface area contributed by atoms with Crippen LogP contribution in [0.15, 0.2) is 18.2 Å². The second-order valence-corrected chi connectivity index (χ2v) is 5.38. The molecule has 2 aromatic rings. The molecular formula is C14H14FNO4S. The monoisotopic (exact) mass is 311 g/mol. The van der Waals surface area contributed by atoms with Gasteiger partial charge in [-0.1, -0.05) is 6.07 Å². The van der Waals surface area contributed by atoms with Crippen LogP contribution in [-0.2, 0) is 16.1 Å². The Morgan fingerprint density at radius 3 is 2.86 bits per heavy atom. The third-order valence-electron chi connectivity index (χ3n) is 2.99. The number of carboxylic acids is 1. The predicted octanol–water partition coefficient (Wildman–Crippen LogP) is 2.39. The number of aromatic carboxylic acids is 1. The summed E-state index contributed by atoms with van der Waals surface area (Å²) in [5.41, 5.74) is 0.408. The Hall–Kier alpha value is -1.99. The maximum atomic E-state index is 13.9. The van der Waals surface area contributed by atoms with Crippen LogP contribution in [0.3, 0.4) is 0 Å². The van der Waals surface area contributed by atoms with Gasteiger partial charge in [0, 0.05) is 28.7 Å². The molecule has 0 spiro atoms. The second-order valence-electron chi connectivity index (χ2n) is 4.33. The van der Waals surface area contributed by atoms with Crippen LogP contribution in [-0.4, -0.2) is 30.7 Å². The molecule has 0 unspecified atom stereocenters. The second kappa shape index (κ2) is 6.64. The zero-order chi connectivity index (χ0) is 15.4. The number of carbonyl (C=O) groups is 2. The minimum atomic E-state index is -1.08. The number of benzene rings is 1. The topological polar surface area (TPSA) is 75.6 Å². The number of hydrogen-bond donors (Lipinski definition) is 2. The number of fused-ring (bicyclic) bond motifs is 1. The summed E-state index contributed by atoms with van der Waals surface area (Å²) in [7, 11) is 1.30. The van der Waals surface area contributed by atoms with E-state index in [1.54, 1.807) is 12.1 Å². The summed E-state index contributed by atoms with van der Waals surface area (Å²) in [6.45, 7) is 0.511.